The van der Waals surface area contributed by atoms with Crippen LogP contribution in [0, 0.1) is 19.8 Å². The molecule has 2 heterocycles. The number of hydrogen-bond donors (Lipinski definition) is 0. The highest BCUT2D eigenvalue weighted by atomic mass is 16.5. The third kappa shape index (κ3) is 6.30. The van der Waals surface area contributed by atoms with Crippen LogP contribution in [0.25, 0.3) is 0 Å². The molecule has 0 spiro atoms. The van der Waals surface area contributed by atoms with E-state index in [9.17, 15) is 4.79 Å². The Hall–Kier alpha value is -2.40. The fourth-order valence-electron chi connectivity index (χ4n) is 3.85. The minimum atomic E-state index is 0.00899. The first kappa shape index (κ1) is 22.3. The molecule has 5 nitrogen and oxygen atoms in total. The van der Waals surface area contributed by atoms with Gasteiger partial charge in [-0.15, -0.1) is 0 Å². The summed E-state index contributed by atoms with van der Waals surface area (Å²) in [6, 6.07) is 10.1. The van der Waals surface area contributed by atoms with E-state index in [0.29, 0.717) is 25.4 Å². The third-order valence-corrected chi connectivity index (χ3v) is 6.03. The van der Waals surface area contributed by atoms with E-state index in [4.69, 9.17) is 9.47 Å². The standard InChI is InChI=1S/C25H34N2O3/c1-19-8-9-24(16-20(19)2)30-13-5-7-25(28)27(18-22-10-14-29-15-11-22)21(3)23-6-4-12-26-17-23/h4,6,8-9,12,16-17,21-22H,5,7,10-11,13-15,18H2,1-3H3. The van der Waals surface area contributed by atoms with Crippen molar-refractivity contribution in [3.8, 4) is 5.75 Å². The zero-order chi connectivity index (χ0) is 21.3. The molecule has 162 valence electrons. The van der Waals surface area contributed by atoms with Crippen LogP contribution in [0.4, 0.5) is 0 Å². The van der Waals surface area contributed by atoms with Gasteiger partial charge in [0.25, 0.3) is 0 Å². The summed E-state index contributed by atoms with van der Waals surface area (Å²) >= 11 is 0. The second kappa shape index (κ2) is 11.1. The van der Waals surface area contributed by atoms with Crippen molar-refractivity contribution in [3.63, 3.8) is 0 Å². The average molecular weight is 411 g/mol. The number of rotatable bonds is 9. The Kier molecular flexibility index (Phi) is 8.26. The molecular formula is C25H34N2O3. The fourth-order valence-corrected chi connectivity index (χ4v) is 3.85. The van der Waals surface area contributed by atoms with Gasteiger partial charge in [-0.2, -0.15) is 0 Å². The number of amides is 1. The molecular weight excluding hydrogens is 376 g/mol. The fraction of sp³-hybridized carbons (Fsp3) is 0.520. The number of ether oxygens (including phenoxy) is 2. The lowest BCUT2D eigenvalue weighted by Crippen LogP contribution is -2.39. The number of hydrogen-bond acceptors (Lipinski definition) is 4. The zero-order valence-corrected chi connectivity index (χ0v) is 18.5. The summed E-state index contributed by atoms with van der Waals surface area (Å²) in [5.41, 5.74) is 3.55. The normalized spacial score (nSPS) is 15.6. The number of carbonyl (C=O) groups is 1. The van der Waals surface area contributed by atoms with E-state index in [1.54, 1.807) is 6.20 Å². The molecule has 1 aromatic carbocycles. The number of carbonyl (C=O) groups excluding carboxylic acids is 1. The van der Waals surface area contributed by atoms with Gasteiger partial charge in [-0.1, -0.05) is 12.1 Å². The molecule has 0 saturated carbocycles. The smallest absolute Gasteiger partial charge is 0.223 e. The molecule has 3 rings (SSSR count). The van der Waals surface area contributed by atoms with Crippen LogP contribution in [0.3, 0.4) is 0 Å². The molecule has 0 bridgehead atoms. The maximum atomic E-state index is 13.2. The molecule has 0 aliphatic carbocycles. The average Bonchev–Trinajstić information content (AvgIpc) is 2.78. The van der Waals surface area contributed by atoms with Crippen LogP contribution in [0.15, 0.2) is 42.7 Å². The second-order valence-electron chi connectivity index (χ2n) is 8.26. The van der Waals surface area contributed by atoms with Crippen molar-refractivity contribution in [3.05, 3.63) is 59.4 Å². The van der Waals surface area contributed by atoms with Gasteiger partial charge in [0, 0.05) is 38.6 Å². The highest BCUT2D eigenvalue weighted by Crippen LogP contribution is 2.25. The first-order chi connectivity index (χ1) is 14.5. The quantitative estimate of drug-likeness (QED) is 0.553. The van der Waals surface area contributed by atoms with Crippen molar-refractivity contribution in [2.45, 2.75) is 52.5 Å². The molecule has 2 aromatic rings. The van der Waals surface area contributed by atoms with Crippen LogP contribution in [0.5, 0.6) is 5.75 Å². The molecule has 1 amide bonds. The Bertz CT molecular complexity index is 803. The summed E-state index contributed by atoms with van der Waals surface area (Å²) in [6.07, 6.45) is 6.84. The minimum Gasteiger partial charge on any atom is -0.494 e. The molecule has 0 radical (unpaired) electrons. The number of aryl methyl sites for hydroxylation is 2. The third-order valence-electron chi connectivity index (χ3n) is 6.03. The van der Waals surface area contributed by atoms with E-state index in [2.05, 4.69) is 37.9 Å². The monoisotopic (exact) mass is 410 g/mol. The molecule has 1 aromatic heterocycles. The van der Waals surface area contributed by atoms with E-state index < -0.39 is 0 Å². The van der Waals surface area contributed by atoms with Crippen LogP contribution in [-0.2, 0) is 9.53 Å². The van der Waals surface area contributed by atoms with E-state index >= 15 is 0 Å². The highest BCUT2D eigenvalue weighted by Gasteiger charge is 2.26. The molecule has 1 saturated heterocycles. The maximum absolute atomic E-state index is 13.2. The van der Waals surface area contributed by atoms with Gasteiger partial charge in [-0.25, -0.2) is 0 Å². The largest absolute Gasteiger partial charge is 0.494 e. The highest BCUT2D eigenvalue weighted by molar-refractivity contribution is 5.76. The summed E-state index contributed by atoms with van der Waals surface area (Å²) in [7, 11) is 0. The molecule has 1 aliphatic heterocycles. The first-order valence-corrected chi connectivity index (χ1v) is 11.0. The lowest BCUT2D eigenvalue weighted by molar-refractivity contribution is -0.135. The van der Waals surface area contributed by atoms with E-state index in [1.165, 1.54) is 11.1 Å². The Labute approximate surface area is 180 Å². The summed E-state index contributed by atoms with van der Waals surface area (Å²) in [5, 5.41) is 0. The number of aromatic nitrogens is 1. The molecule has 0 N–H and O–H groups in total. The summed E-state index contributed by atoms with van der Waals surface area (Å²) in [6.45, 7) is 9.17. The topological polar surface area (TPSA) is 51.7 Å². The summed E-state index contributed by atoms with van der Waals surface area (Å²) in [5.74, 6) is 1.54. The molecule has 1 unspecified atom stereocenters. The predicted molar refractivity (Wildman–Crippen MR) is 119 cm³/mol. The SMILES string of the molecule is Cc1ccc(OCCCC(=O)N(CC2CCOCC2)C(C)c2cccnc2)cc1C. The lowest BCUT2D eigenvalue weighted by Gasteiger charge is -2.34. The van der Waals surface area contributed by atoms with Crippen LogP contribution in [0.2, 0.25) is 0 Å². The zero-order valence-electron chi connectivity index (χ0n) is 18.5. The van der Waals surface area contributed by atoms with E-state index in [1.807, 2.05) is 29.3 Å². The Morgan fingerprint density at radius 1 is 1.23 bits per heavy atom. The van der Waals surface area contributed by atoms with E-state index in [-0.39, 0.29) is 11.9 Å². The number of pyridine rings is 1. The predicted octanol–water partition coefficient (Wildman–Crippen LogP) is 4.87. The number of nitrogens with zero attached hydrogens (tertiary/aromatic N) is 2. The molecule has 1 aliphatic rings. The van der Waals surface area contributed by atoms with Gasteiger partial charge in [-0.3, -0.25) is 9.78 Å². The van der Waals surface area contributed by atoms with Gasteiger partial charge in [0.1, 0.15) is 5.75 Å². The van der Waals surface area contributed by atoms with Crippen molar-refractivity contribution in [2.24, 2.45) is 5.92 Å². The maximum Gasteiger partial charge on any atom is 0.223 e. The van der Waals surface area contributed by atoms with E-state index in [0.717, 1.165) is 43.9 Å². The molecule has 5 heteroatoms. The molecule has 1 fully saturated rings. The van der Waals surface area contributed by atoms with Crippen LogP contribution < -0.4 is 4.74 Å². The number of benzene rings is 1. The van der Waals surface area contributed by atoms with Gasteiger partial charge in [0.15, 0.2) is 0 Å². The van der Waals surface area contributed by atoms with Gasteiger partial charge >= 0.3 is 0 Å². The lowest BCUT2D eigenvalue weighted by atomic mass is 9.97. The van der Waals surface area contributed by atoms with Crippen molar-refractivity contribution >= 4 is 5.91 Å². The Morgan fingerprint density at radius 3 is 2.73 bits per heavy atom. The van der Waals surface area contributed by atoms with Crippen molar-refractivity contribution < 1.29 is 14.3 Å². The molecule has 1 atom stereocenters. The summed E-state index contributed by atoms with van der Waals surface area (Å²) in [4.78, 5) is 19.4. The Morgan fingerprint density at radius 2 is 2.03 bits per heavy atom. The minimum absolute atomic E-state index is 0.00899. The first-order valence-electron chi connectivity index (χ1n) is 11.0. The van der Waals surface area contributed by atoms with Gasteiger partial charge in [-0.05, 0) is 80.8 Å². The second-order valence-corrected chi connectivity index (χ2v) is 8.26. The van der Waals surface area contributed by atoms with Crippen LogP contribution in [-0.4, -0.2) is 42.2 Å². The molecule has 30 heavy (non-hydrogen) atoms. The van der Waals surface area contributed by atoms with Crippen molar-refractivity contribution in [1.29, 1.82) is 0 Å². The van der Waals surface area contributed by atoms with Crippen molar-refractivity contribution in [2.75, 3.05) is 26.4 Å². The van der Waals surface area contributed by atoms with Gasteiger partial charge in [0.05, 0.1) is 12.6 Å². The van der Waals surface area contributed by atoms with Crippen LogP contribution >= 0.6 is 0 Å². The van der Waals surface area contributed by atoms with Crippen LogP contribution in [0.1, 0.15) is 55.3 Å². The summed E-state index contributed by atoms with van der Waals surface area (Å²) < 4.78 is 11.4. The Balaban J connectivity index is 1.57. The van der Waals surface area contributed by atoms with Crippen molar-refractivity contribution in [1.82, 2.24) is 9.88 Å². The van der Waals surface area contributed by atoms with Gasteiger partial charge in [0.2, 0.25) is 5.91 Å². The van der Waals surface area contributed by atoms with Gasteiger partial charge < -0.3 is 14.4 Å².